The van der Waals surface area contributed by atoms with Gasteiger partial charge in [0.25, 0.3) is 0 Å². The first-order valence-electron chi connectivity index (χ1n) is 4.35. The summed E-state index contributed by atoms with van der Waals surface area (Å²) in [6, 6.07) is -1.14. The fourth-order valence-corrected chi connectivity index (χ4v) is 0.822. The standard InChI is InChI=1S/C8H12N2O6/c9-4(1-2-6(12)13)8(16)10-5(11)3-7(14)15/h4H,1-3,9H2,(H,12,13)(H,14,15)(H,10,11,16)/t4-/m0/s1. The molecule has 0 fully saturated rings. The lowest BCUT2D eigenvalue weighted by molar-refractivity contribution is -0.141. The average molecular weight is 232 g/mol. The molecular formula is C8H12N2O6. The van der Waals surface area contributed by atoms with Crippen molar-refractivity contribution in [2.45, 2.75) is 25.3 Å². The Morgan fingerprint density at radius 2 is 1.69 bits per heavy atom. The highest BCUT2D eigenvalue weighted by atomic mass is 16.4. The fourth-order valence-electron chi connectivity index (χ4n) is 0.822. The van der Waals surface area contributed by atoms with Crippen molar-refractivity contribution in [1.82, 2.24) is 5.32 Å². The van der Waals surface area contributed by atoms with Crippen molar-refractivity contribution in [1.29, 1.82) is 0 Å². The van der Waals surface area contributed by atoms with Gasteiger partial charge in [-0.3, -0.25) is 24.5 Å². The van der Waals surface area contributed by atoms with Crippen molar-refractivity contribution in [3.63, 3.8) is 0 Å². The Morgan fingerprint density at radius 3 is 2.12 bits per heavy atom. The van der Waals surface area contributed by atoms with Gasteiger partial charge >= 0.3 is 11.9 Å². The summed E-state index contributed by atoms with van der Waals surface area (Å²) in [5.41, 5.74) is 5.27. The Kier molecular flexibility index (Phi) is 5.71. The first kappa shape index (κ1) is 14.0. The molecule has 0 saturated carbocycles. The Bertz CT molecular complexity index is 314. The normalized spacial score (nSPS) is 11.6. The predicted octanol–water partition coefficient (Wildman–Crippen LogP) is -1.70. The second-order valence-electron chi connectivity index (χ2n) is 3.02. The molecule has 90 valence electrons. The molecule has 0 heterocycles. The number of imide groups is 1. The molecule has 0 aliphatic carbocycles. The maximum absolute atomic E-state index is 11.1. The number of carbonyl (C=O) groups is 4. The molecule has 0 saturated heterocycles. The average Bonchev–Trinajstić information content (AvgIpc) is 2.12. The summed E-state index contributed by atoms with van der Waals surface area (Å²) in [6.45, 7) is 0. The number of nitrogens with two attached hydrogens (primary N) is 1. The van der Waals surface area contributed by atoms with Crippen LogP contribution in [0.4, 0.5) is 0 Å². The van der Waals surface area contributed by atoms with Crippen molar-refractivity contribution in [3.05, 3.63) is 0 Å². The number of carbonyl (C=O) groups excluding carboxylic acids is 2. The van der Waals surface area contributed by atoms with Crippen LogP contribution in [-0.4, -0.2) is 40.0 Å². The van der Waals surface area contributed by atoms with Crippen LogP contribution in [0.1, 0.15) is 19.3 Å². The molecule has 0 aromatic heterocycles. The van der Waals surface area contributed by atoms with Gasteiger partial charge in [0, 0.05) is 6.42 Å². The van der Waals surface area contributed by atoms with Gasteiger partial charge in [0.2, 0.25) is 11.8 Å². The Balaban J connectivity index is 4.00. The topological polar surface area (TPSA) is 147 Å². The molecule has 5 N–H and O–H groups in total. The molecule has 0 aromatic rings. The summed E-state index contributed by atoms with van der Waals surface area (Å²) in [6.07, 6.45) is -1.26. The molecule has 0 bridgehead atoms. The highest BCUT2D eigenvalue weighted by Crippen LogP contribution is 1.95. The first-order valence-corrected chi connectivity index (χ1v) is 4.35. The van der Waals surface area contributed by atoms with Crippen LogP contribution in [0.5, 0.6) is 0 Å². The molecule has 8 nitrogen and oxygen atoms in total. The summed E-state index contributed by atoms with van der Waals surface area (Å²) in [4.78, 5) is 42.2. The maximum atomic E-state index is 11.1. The molecule has 8 heteroatoms. The minimum atomic E-state index is -1.37. The third-order valence-corrected chi connectivity index (χ3v) is 1.58. The van der Waals surface area contributed by atoms with Gasteiger partial charge in [-0.2, -0.15) is 0 Å². The number of amides is 2. The number of hydrogen-bond acceptors (Lipinski definition) is 5. The predicted molar refractivity (Wildman–Crippen MR) is 50.2 cm³/mol. The van der Waals surface area contributed by atoms with Crippen molar-refractivity contribution >= 4 is 23.8 Å². The van der Waals surface area contributed by atoms with Crippen molar-refractivity contribution in [2.24, 2.45) is 5.73 Å². The van der Waals surface area contributed by atoms with Gasteiger partial charge in [0.15, 0.2) is 0 Å². The quantitative estimate of drug-likeness (QED) is 0.399. The summed E-state index contributed by atoms with van der Waals surface area (Å²) >= 11 is 0. The second kappa shape index (κ2) is 6.51. The summed E-state index contributed by atoms with van der Waals surface area (Å²) in [7, 11) is 0. The maximum Gasteiger partial charge on any atom is 0.312 e. The van der Waals surface area contributed by atoms with E-state index in [1.807, 2.05) is 0 Å². The summed E-state index contributed by atoms with van der Waals surface area (Å²) < 4.78 is 0. The third-order valence-electron chi connectivity index (χ3n) is 1.58. The first-order chi connectivity index (χ1) is 7.32. The van der Waals surface area contributed by atoms with Gasteiger partial charge in [-0.15, -0.1) is 0 Å². The largest absolute Gasteiger partial charge is 0.481 e. The molecule has 0 rings (SSSR count). The highest BCUT2D eigenvalue weighted by Gasteiger charge is 2.18. The number of rotatable bonds is 6. The zero-order valence-corrected chi connectivity index (χ0v) is 8.30. The molecule has 0 radical (unpaired) electrons. The van der Waals surface area contributed by atoms with Gasteiger partial charge in [-0.1, -0.05) is 0 Å². The van der Waals surface area contributed by atoms with E-state index in [0.29, 0.717) is 0 Å². The molecule has 0 aliphatic heterocycles. The van der Waals surface area contributed by atoms with Crippen LogP contribution in [0.15, 0.2) is 0 Å². The smallest absolute Gasteiger partial charge is 0.312 e. The number of hydrogen-bond donors (Lipinski definition) is 4. The molecule has 0 unspecified atom stereocenters. The zero-order chi connectivity index (χ0) is 12.7. The van der Waals surface area contributed by atoms with E-state index in [0.717, 1.165) is 0 Å². The zero-order valence-electron chi connectivity index (χ0n) is 8.30. The number of nitrogens with one attached hydrogen (secondary N) is 1. The summed E-state index contributed by atoms with van der Waals surface area (Å²) in [5.74, 6) is -4.35. The van der Waals surface area contributed by atoms with Crippen LogP contribution in [0, 0.1) is 0 Å². The van der Waals surface area contributed by atoms with E-state index in [2.05, 4.69) is 0 Å². The fraction of sp³-hybridized carbons (Fsp3) is 0.500. The van der Waals surface area contributed by atoms with E-state index in [4.69, 9.17) is 15.9 Å². The highest BCUT2D eigenvalue weighted by molar-refractivity contribution is 6.03. The molecule has 1 atom stereocenters. The van der Waals surface area contributed by atoms with Gasteiger partial charge in [-0.25, -0.2) is 0 Å². The van der Waals surface area contributed by atoms with Crippen molar-refractivity contribution < 1.29 is 29.4 Å². The Labute approximate surface area is 90.4 Å². The molecule has 16 heavy (non-hydrogen) atoms. The van der Waals surface area contributed by atoms with Gasteiger partial charge < -0.3 is 15.9 Å². The molecule has 0 aromatic carbocycles. The molecule has 0 aliphatic rings. The van der Waals surface area contributed by atoms with Crippen LogP contribution >= 0.6 is 0 Å². The van der Waals surface area contributed by atoms with Crippen LogP contribution in [0.25, 0.3) is 0 Å². The van der Waals surface area contributed by atoms with Gasteiger partial charge in [-0.05, 0) is 6.42 Å². The lowest BCUT2D eigenvalue weighted by atomic mass is 10.1. The molecule has 2 amide bonds. The van der Waals surface area contributed by atoms with Crippen LogP contribution in [0.3, 0.4) is 0 Å². The van der Waals surface area contributed by atoms with Crippen LogP contribution in [-0.2, 0) is 19.2 Å². The minimum Gasteiger partial charge on any atom is -0.481 e. The lowest BCUT2D eigenvalue weighted by Gasteiger charge is -2.09. The summed E-state index contributed by atoms with van der Waals surface area (Å²) in [5, 5.41) is 18.3. The van der Waals surface area contributed by atoms with E-state index in [1.54, 1.807) is 5.32 Å². The second-order valence-corrected chi connectivity index (χ2v) is 3.02. The SMILES string of the molecule is N[C@@H](CCC(=O)O)C(=O)NC(=O)CC(=O)O. The lowest BCUT2D eigenvalue weighted by Crippen LogP contribution is -2.44. The van der Waals surface area contributed by atoms with E-state index >= 15 is 0 Å². The van der Waals surface area contributed by atoms with Crippen molar-refractivity contribution in [3.8, 4) is 0 Å². The Hall–Kier alpha value is -1.96. The monoisotopic (exact) mass is 232 g/mol. The number of aliphatic carboxylic acids is 2. The van der Waals surface area contributed by atoms with E-state index in [9.17, 15) is 19.2 Å². The van der Waals surface area contributed by atoms with Crippen molar-refractivity contribution in [2.75, 3.05) is 0 Å². The van der Waals surface area contributed by atoms with E-state index in [1.165, 1.54) is 0 Å². The van der Waals surface area contributed by atoms with Crippen LogP contribution in [0.2, 0.25) is 0 Å². The molecular weight excluding hydrogens is 220 g/mol. The van der Waals surface area contributed by atoms with E-state index < -0.39 is 36.2 Å². The Morgan fingerprint density at radius 1 is 1.12 bits per heavy atom. The molecule has 0 spiro atoms. The van der Waals surface area contributed by atoms with Crippen LogP contribution < -0.4 is 11.1 Å². The third kappa shape index (κ3) is 6.49. The van der Waals surface area contributed by atoms with E-state index in [-0.39, 0.29) is 12.8 Å². The number of carboxylic acids is 2. The minimum absolute atomic E-state index is 0.123. The van der Waals surface area contributed by atoms with Gasteiger partial charge in [0.05, 0.1) is 6.04 Å². The number of carboxylic acid groups (broad SMARTS) is 2. The van der Waals surface area contributed by atoms with Gasteiger partial charge in [0.1, 0.15) is 6.42 Å².